The van der Waals surface area contributed by atoms with Crippen LogP contribution in [0.15, 0.2) is 72.8 Å². The monoisotopic (exact) mass is 640 g/mol. The molecule has 4 rings (SSSR count). The van der Waals surface area contributed by atoms with Crippen molar-refractivity contribution in [2.24, 2.45) is 0 Å². The van der Waals surface area contributed by atoms with Crippen LogP contribution in [0.5, 0.6) is 23.0 Å². The maximum absolute atomic E-state index is 14.6. The van der Waals surface area contributed by atoms with Crippen molar-refractivity contribution in [3.8, 4) is 23.0 Å². The number of aryl methyl sites for hydroxylation is 2. The number of rotatable bonds is 14. The van der Waals surface area contributed by atoms with Crippen molar-refractivity contribution in [1.29, 1.82) is 0 Å². The molecule has 0 fully saturated rings. The molecule has 240 valence electrons. The molecule has 0 unspecified atom stereocenters. The lowest BCUT2D eigenvalue weighted by Crippen LogP contribution is -2.25. The van der Waals surface area contributed by atoms with Gasteiger partial charge in [-0.2, -0.15) is 17.6 Å². The van der Waals surface area contributed by atoms with Gasteiger partial charge in [-0.05, 0) is 96.8 Å². The zero-order valence-electron chi connectivity index (χ0n) is 24.1. The molecule has 0 spiro atoms. The third-order valence-electron chi connectivity index (χ3n) is 6.45. The molecule has 0 aliphatic heterocycles. The molecule has 12 heteroatoms. The fraction of sp³-hybridized carbons (Fsp3) is 0.273. The van der Waals surface area contributed by atoms with Gasteiger partial charge in [-0.3, -0.25) is 0 Å². The Labute approximate surface area is 254 Å². The average molecular weight is 641 g/mol. The van der Waals surface area contributed by atoms with E-state index in [9.17, 15) is 35.1 Å². The lowest BCUT2D eigenvalue weighted by atomic mass is 10.1. The summed E-state index contributed by atoms with van der Waals surface area (Å²) >= 11 is 0. The van der Waals surface area contributed by atoms with Gasteiger partial charge in [-0.25, -0.2) is 17.6 Å². The predicted octanol–water partition coefficient (Wildman–Crippen LogP) is 9.82. The van der Waals surface area contributed by atoms with Crippen LogP contribution >= 0.6 is 0 Å². The SMILES string of the molecule is CCCc1cc(F)c(C(F)(F)Oc2ccc(OCOc3ccc(OC(F)(F)c4c(F)cc(CCC)cc4F)cc3)cc2)c(F)c1. The first-order chi connectivity index (χ1) is 21.3. The van der Waals surface area contributed by atoms with Gasteiger partial charge in [0.2, 0.25) is 6.79 Å². The van der Waals surface area contributed by atoms with Gasteiger partial charge < -0.3 is 18.9 Å². The molecule has 4 nitrogen and oxygen atoms in total. The van der Waals surface area contributed by atoms with Gasteiger partial charge in [0.05, 0.1) is 0 Å². The largest absolute Gasteiger partial charge is 0.457 e. The summed E-state index contributed by atoms with van der Waals surface area (Å²) < 4.78 is 136. The Kier molecular flexibility index (Phi) is 10.5. The highest BCUT2D eigenvalue weighted by molar-refractivity contribution is 5.35. The number of halogens is 8. The quantitative estimate of drug-likeness (QED) is 0.102. The van der Waals surface area contributed by atoms with Crippen LogP contribution < -0.4 is 18.9 Å². The first-order valence-corrected chi connectivity index (χ1v) is 13.9. The van der Waals surface area contributed by atoms with Crippen LogP contribution in [-0.4, -0.2) is 6.79 Å². The highest BCUT2D eigenvalue weighted by Crippen LogP contribution is 2.37. The Balaban J connectivity index is 1.31. The highest BCUT2D eigenvalue weighted by atomic mass is 19.3. The maximum atomic E-state index is 14.6. The normalized spacial score (nSPS) is 11.8. The van der Waals surface area contributed by atoms with E-state index in [2.05, 4.69) is 9.47 Å². The van der Waals surface area contributed by atoms with Crippen LogP contribution in [0.3, 0.4) is 0 Å². The van der Waals surface area contributed by atoms with Crippen molar-refractivity contribution in [2.75, 3.05) is 6.79 Å². The minimum Gasteiger partial charge on any atom is -0.457 e. The summed E-state index contributed by atoms with van der Waals surface area (Å²) in [7, 11) is 0. The summed E-state index contributed by atoms with van der Waals surface area (Å²) in [5, 5.41) is 0. The van der Waals surface area contributed by atoms with Crippen molar-refractivity contribution >= 4 is 0 Å². The van der Waals surface area contributed by atoms with Crippen LogP contribution in [0.2, 0.25) is 0 Å². The predicted molar refractivity (Wildman–Crippen MR) is 149 cm³/mol. The Morgan fingerprint density at radius 1 is 0.489 bits per heavy atom. The minimum absolute atomic E-state index is 0.153. The van der Waals surface area contributed by atoms with Crippen molar-refractivity contribution in [3.05, 3.63) is 118 Å². The summed E-state index contributed by atoms with van der Waals surface area (Å²) in [6.45, 7) is 3.17. The second-order valence-corrected chi connectivity index (χ2v) is 9.96. The topological polar surface area (TPSA) is 36.9 Å². The lowest BCUT2D eigenvalue weighted by Gasteiger charge is -2.20. The highest BCUT2D eigenvalue weighted by Gasteiger charge is 2.42. The van der Waals surface area contributed by atoms with Crippen molar-refractivity contribution in [1.82, 2.24) is 0 Å². The Hall–Kier alpha value is -4.48. The van der Waals surface area contributed by atoms with E-state index in [1.54, 1.807) is 13.8 Å². The molecule has 45 heavy (non-hydrogen) atoms. The average Bonchev–Trinajstić information content (AvgIpc) is 2.94. The van der Waals surface area contributed by atoms with Gasteiger partial charge >= 0.3 is 12.2 Å². The molecule has 0 heterocycles. The molecule has 0 aliphatic rings. The first kappa shape index (κ1) is 33.4. The zero-order valence-corrected chi connectivity index (χ0v) is 24.1. The summed E-state index contributed by atoms with van der Waals surface area (Å²) in [6.07, 6.45) is -6.80. The van der Waals surface area contributed by atoms with Crippen LogP contribution in [0.1, 0.15) is 48.9 Å². The van der Waals surface area contributed by atoms with Crippen molar-refractivity contribution < 1.29 is 54.1 Å². The van der Waals surface area contributed by atoms with Crippen LogP contribution in [-0.2, 0) is 25.1 Å². The van der Waals surface area contributed by atoms with Crippen LogP contribution in [0.4, 0.5) is 35.1 Å². The van der Waals surface area contributed by atoms with Gasteiger partial charge in [0.25, 0.3) is 0 Å². The Morgan fingerprint density at radius 2 is 0.778 bits per heavy atom. The second kappa shape index (κ2) is 14.1. The molecule has 0 saturated heterocycles. The van der Waals surface area contributed by atoms with E-state index in [4.69, 9.17) is 9.47 Å². The molecule has 0 aromatic heterocycles. The van der Waals surface area contributed by atoms with E-state index in [0.29, 0.717) is 25.7 Å². The standard InChI is InChI=1S/C33H28F8O4/c1-3-5-20-15-26(34)30(27(35)16-20)32(38,39)44-24-11-7-22(8-12-24)42-19-43-23-9-13-25(14-10-23)45-33(40,41)31-28(36)17-21(6-4-2)18-29(31)37/h7-18H,3-6,19H2,1-2H3. The first-order valence-electron chi connectivity index (χ1n) is 13.9. The Morgan fingerprint density at radius 3 is 1.07 bits per heavy atom. The number of benzene rings is 4. The van der Waals surface area contributed by atoms with Crippen molar-refractivity contribution in [3.63, 3.8) is 0 Å². The molecular formula is C33H28F8O4. The fourth-order valence-corrected chi connectivity index (χ4v) is 4.44. The molecule has 0 radical (unpaired) electrons. The van der Waals surface area contributed by atoms with E-state index in [0.717, 1.165) is 48.5 Å². The second-order valence-electron chi connectivity index (χ2n) is 9.96. The smallest absolute Gasteiger partial charge is 0.432 e. The number of alkyl halides is 4. The van der Waals surface area contributed by atoms with Gasteiger partial charge in [0.1, 0.15) is 57.4 Å². The van der Waals surface area contributed by atoms with E-state index in [1.165, 1.54) is 24.3 Å². The Bertz CT molecular complexity index is 1430. The number of ether oxygens (including phenoxy) is 4. The maximum Gasteiger partial charge on any atom is 0.432 e. The lowest BCUT2D eigenvalue weighted by molar-refractivity contribution is -0.190. The zero-order chi connectivity index (χ0) is 32.8. The molecular weight excluding hydrogens is 612 g/mol. The number of hydrogen-bond donors (Lipinski definition) is 0. The van der Waals surface area contributed by atoms with E-state index in [1.807, 2.05) is 0 Å². The van der Waals surface area contributed by atoms with Crippen LogP contribution in [0.25, 0.3) is 0 Å². The van der Waals surface area contributed by atoms with Gasteiger partial charge in [0, 0.05) is 0 Å². The molecule has 4 aromatic carbocycles. The van der Waals surface area contributed by atoms with Gasteiger partial charge in [-0.15, -0.1) is 0 Å². The number of hydrogen-bond acceptors (Lipinski definition) is 4. The van der Waals surface area contributed by atoms with E-state index >= 15 is 0 Å². The summed E-state index contributed by atoms with van der Waals surface area (Å²) in [4.78, 5) is 0. The molecule has 0 N–H and O–H groups in total. The van der Waals surface area contributed by atoms with E-state index < -0.39 is 64.9 Å². The molecule has 0 aliphatic carbocycles. The fourth-order valence-electron chi connectivity index (χ4n) is 4.44. The molecule has 0 amide bonds. The molecule has 0 saturated carbocycles. The van der Waals surface area contributed by atoms with Gasteiger partial charge in [0.15, 0.2) is 0 Å². The molecule has 0 bridgehead atoms. The molecule has 4 aromatic rings. The van der Waals surface area contributed by atoms with Gasteiger partial charge in [-0.1, -0.05) is 26.7 Å². The van der Waals surface area contributed by atoms with E-state index in [-0.39, 0.29) is 22.6 Å². The van der Waals surface area contributed by atoms with Crippen molar-refractivity contribution in [2.45, 2.75) is 51.7 Å². The third kappa shape index (κ3) is 8.37. The summed E-state index contributed by atoms with van der Waals surface area (Å²) in [5.74, 6) is -6.17. The minimum atomic E-state index is -4.30. The molecule has 0 atom stereocenters. The third-order valence-corrected chi connectivity index (χ3v) is 6.45. The summed E-state index contributed by atoms with van der Waals surface area (Å²) in [5.41, 5.74) is -2.51. The van der Waals surface area contributed by atoms with Crippen LogP contribution in [0, 0.1) is 23.3 Å². The summed E-state index contributed by atoms with van der Waals surface area (Å²) in [6, 6.07) is 12.8.